The molecular weight excluding hydrogens is 548 g/mol. The summed E-state index contributed by atoms with van der Waals surface area (Å²) in [5, 5.41) is 22.6. The molecule has 238 valence electrons. The van der Waals surface area contributed by atoms with Gasteiger partial charge in [-0.05, 0) is 44.9 Å². The minimum atomic E-state index is -0.262. The van der Waals surface area contributed by atoms with E-state index in [1.807, 2.05) is 12.1 Å². The number of aromatic hydroxyl groups is 2. The molecule has 0 unspecified atom stereocenters. The Morgan fingerprint density at radius 3 is 1.07 bits per heavy atom. The first kappa shape index (κ1) is 34.7. The van der Waals surface area contributed by atoms with Crippen molar-refractivity contribution in [2.24, 2.45) is 9.98 Å². The normalized spacial score (nSPS) is 13.2. The van der Waals surface area contributed by atoms with E-state index in [4.69, 9.17) is 19.5 Å². The summed E-state index contributed by atoms with van der Waals surface area (Å²) in [7, 11) is 3.15. The van der Waals surface area contributed by atoms with Crippen LogP contribution >= 0.6 is 0 Å². The lowest BCUT2D eigenvalue weighted by Crippen LogP contribution is -2.17. The summed E-state index contributed by atoms with van der Waals surface area (Å²) in [5.74, 6) is 1.43. The van der Waals surface area contributed by atoms with Gasteiger partial charge in [-0.25, -0.2) is 0 Å². The molecule has 0 amide bonds. The van der Waals surface area contributed by atoms with Gasteiger partial charge in [0, 0.05) is 46.8 Å². The molecule has 0 aliphatic heterocycles. The lowest BCUT2D eigenvalue weighted by Gasteiger charge is -2.27. The molecule has 0 saturated carbocycles. The van der Waals surface area contributed by atoms with Crippen molar-refractivity contribution in [2.75, 3.05) is 14.2 Å². The molecule has 0 heterocycles. The molecule has 3 aromatic carbocycles. The van der Waals surface area contributed by atoms with Crippen LogP contribution in [0, 0.1) is 0 Å². The molecule has 0 atom stereocenters. The summed E-state index contributed by atoms with van der Waals surface area (Å²) in [6.45, 7) is 25.5. The molecule has 3 aromatic rings. The van der Waals surface area contributed by atoms with Crippen molar-refractivity contribution in [3.8, 4) is 23.0 Å². The van der Waals surface area contributed by atoms with E-state index >= 15 is 0 Å². The fraction of sp³-hybridized carbons (Fsp3) is 0.474. The number of hydrogen-bond donors (Lipinski definition) is 2. The van der Waals surface area contributed by atoms with Gasteiger partial charge < -0.3 is 19.7 Å². The van der Waals surface area contributed by atoms with Crippen molar-refractivity contribution in [3.05, 3.63) is 69.8 Å². The number of ether oxygens (including phenoxy) is 2. The van der Waals surface area contributed by atoms with Crippen LogP contribution in [0.2, 0.25) is 0 Å². The summed E-state index contributed by atoms with van der Waals surface area (Å²) < 4.78 is 11.2. The Morgan fingerprint density at radius 1 is 0.500 bits per heavy atom. The van der Waals surface area contributed by atoms with Gasteiger partial charge in [0.2, 0.25) is 0 Å². The van der Waals surface area contributed by atoms with E-state index in [1.165, 1.54) is 0 Å². The number of rotatable bonds is 6. The van der Waals surface area contributed by atoms with Crippen LogP contribution in [0.5, 0.6) is 23.0 Å². The molecule has 0 saturated heterocycles. The summed E-state index contributed by atoms with van der Waals surface area (Å²) in [6.07, 6.45) is 3.35. The van der Waals surface area contributed by atoms with Gasteiger partial charge in [-0.2, -0.15) is 0 Å². The van der Waals surface area contributed by atoms with Crippen molar-refractivity contribution in [3.63, 3.8) is 0 Å². The van der Waals surface area contributed by atoms with E-state index < -0.39 is 0 Å². The van der Waals surface area contributed by atoms with Crippen LogP contribution < -0.4 is 9.47 Å². The van der Waals surface area contributed by atoms with E-state index in [2.05, 4.69) is 95.2 Å². The first-order valence-corrected chi connectivity index (χ1v) is 15.2. The minimum Gasteiger partial charge on any atom is -0.507 e. The number of phenols is 2. The zero-order valence-corrected chi connectivity index (χ0v) is 29.2. The average molecular weight is 601 g/mol. The Bertz CT molecular complexity index is 1450. The van der Waals surface area contributed by atoms with Gasteiger partial charge in [0.25, 0.3) is 0 Å². The number of phenolic OH excluding ortho intramolecular Hbond substituents is 2. The van der Waals surface area contributed by atoms with Crippen LogP contribution in [0.4, 0.5) is 11.4 Å². The summed E-state index contributed by atoms with van der Waals surface area (Å²) in [4.78, 5) is 9.64. The van der Waals surface area contributed by atoms with Gasteiger partial charge >= 0.3 is 0 Å². The van der Waals surface area contributed by atoms with Crippen molar-refractivity contribution in [1.82, 2.24) is 0 Å². The Balaban J connectivity index is 2.25. The maximum Gasteiger partial charge on any atom is 0.163 e. The zero-order valence-electron chi connectivity index (χ0n) is 29.2. The molecule has 3 rings (SSSR count). The molecule has 0 aliphatic carbocycles. The zero-order chi connectivity index (χ0) is 33.4. The van der Waals surface area contributed by atoms with Gasteiger partial charge in [-0.15, -0.1) is 0 Å². The third-order valence-corrected chi connectivity index (χ3v) is 7.79. The van der Waals surface area contributed by atoms with Crippen LogP contribution in [-0.2, 0) is 21.7 Å². The van der Waals surface area contributed by atoms with Crippen molar-refractivity contribution >= 4 is 23.8 Å². The van der Waals surface area contributed by atoms with Gasteiger partial charge in [0.1, 0.15) is 11.5 Å². The largest absolute Gasteiger partial charge is 0.507 e. The van der Waals surface area contributed by atoms with Gasteiger partial charge in [-0.1, -0.05) is 95.2 Å². The molecule has 0 bridgehead atoms. The SMILES string of the molecule is COc1cc(N=Cc2cc(C(C)(C)C)cc(C(C)(C)C)c2O)c(N=Cc2cc(C(C)(C)C)cc(C(C)(C)C)c2O)cc1OC. The first-order chi connectivity index (χ1) is 20.1. The predicted molar refractivity (Wildman–Crippen MR) is 185 cm³/mol. The highest BCUT2D eigenvalue weighted by Crippen LogP contribution is 2.42. The summed E-state index contributed by atoms with van der Waals surface area (Å²) >= 11 is 0. The fourth-order valence-corrected chi connectivity index (χ4v) is 4.86. The highest BCUT2D eigenvalue weighted by Gasteiger charge is 2.26. The maximum atomic E-state index is 11.3. The van der Waals surface area contributed by atoms with Crippen molar-refractivity contribution in [1.29, 1.82) is 0 Å². The van der Waals surface area contributed by atoms with Gasteiger partial charge in [0.05, 0.1) is 25.6 Å². The Morgan fingerprint density at radius 2 is 0.818 bits per heavy atom. The van der Waals surface area contributed by atoms with E-state index in [0.29, 0.717) is 34.0 Å². The van der Waals surface area contributed by atoms with Gasteiger partial charge in [-0.3, -0.25) is 9.98 Å². The third-order valence-electron chi connectivity index (χ3n) is 7.79. The lowest BCUT2D eigenvalue weighted by molar-refractivity contribution is 0.355. The van der Waals surface area contributed by atoms with Crippen molar-refractivity contribution < 1.29 is 19.7 Å². The van der Waals surface area contributed by atoms with Crippen LogP contribution in [0.15, 0.2) is 46.4 Å². The summed E-state index contributed by atoms with van der Waals surface area (Å²) in [6, 6.07) is 11.7. The molecule has 0 aromatic heterocycles. The molecule has 0 fully saturated rings. The number of benzene rings is 3. The molecule has 6 heteroatoms. The van der Waals surface area contributed by atoms with E-state index in [0.717, 1.165) is 22.3 Å². The molecule has 2 N–H and O–H groups in total. The highest BCUT2D eigenvalue weighted by atomic mass is 16.5. The topological polar surface area (TPSA) is 83.6 Å². The predicted octanol–water partition coefficient (Wildman–Crippen LogP) is 9.81. The second kappa shape index (κ2) is 12.3. The molecular formula is C38H52N2O4. The first-order valence-electron chi connectivity index (χ1n) is 15.2. The fourth-order valence-electron chi connectivity index (χ4n) is 4.86. The standard InChI is InChI=1S/C38H52N2O4/c1-35(2,3)25-15-23(33(41)27(17-25)37(7,8)9)21-39-29-19-31(43-13)32(44-14)20-30(29)40-22-24-16-26(36(4,5)6)18-28(34(24)42)38(10,11)12/h15-22,41-42H,1-14H3. The van der Waals surface area contributed by atoms with Crippen LogP contribution in [-0.4, -0.2) is 36.9 Å². The number of aliphatic imine (C=N–C) groups is 2. The highest BCUT2D eigenvalue weighted by molar-refractivity contribution is 5.91. The molecule has 6 nitrogen and oxygen atoms in total. The maximum absolute atomic E-state index is 11.3. The second-order valence-electron chi connectivity index (χ2n) is 15.6. The molecule has 0 radical (unpaired) electrons. The third kappa shape index (κ3) is 7.82. The van der Waals surface area contributed by atoms with Crippen LogP contribution in [0.1, 0.15) is 116 Å². The van der Waals surface area contributed by atoms with E-state index in [9.17, 15) is 10.2 Å². The Labute approximate surface area is 264 Å². The summed E-state index contributed by atoms with van der Waals surface area (Å²) in [5.41, 5.74) is 5.47. The average Bonchev–Trinajstić information content (AvgIpc) is 2.89. The quantitative estimate of drug-likeness (QED) is 0.276. The monoisotopic (exact) mass is 600 g/mol. The minimum absolute atomic E-state index is 0.120. The number of methoxy groups -OCH3 is 2. The Hall–Kier alpha value is -3.80. The Kier molecular flexibility index (Phi) is 9.70. The smallest absolute Gasteiger partial charge is 0.163 e. The molecule has 44 heavy (non-hydrogen) atoms. The van der Waals surface area contributed by atoms with Gasteiger partial charge in [0.15, 0.2) is 11.5 Å². The van der Waals surface area contributed by atoms with E-state index in [-0.39, 0.29) is 33.2 Å². The van der Waals surface area contributed by atoms with Crippen LogP contribution in [0.3, 0.4) is 0 Å². The van der Waals surface area contributed by atoms with E-state index in [1.54, 1.807) is 38.8 Å². The molecule has 0 spiro atoms. The lowest BCUT2D eigenvalue weighted by atomic mass is 9.79. The van der Waals surface area contributed by atoms with Crippen LogP contribution in [0.25, 0.3) is 0 Å². The number of nitrogens with zero attached hydrogens (tertiary/aromatic N) is 2. The second-order valence-corrected chi connectivity index (χ2v) is 15.6. The molecule has 0 aliphatic rings. The van der Waals surface area contributed by atoms with Crippen molar-refractivity contribution in [2.45, 2.75) is 105 Å². The number of hydrogen-bond acceptors (Lipinski definition) is 6.